The van der Waals surface area contributed by atoms with Crippen molar-refractivity contribution in [3.63, 3.8) is 0 Å². The van der Waals surface area contributed by atoms with Gasteiger partial charge in [-0.1, -0.05) is 20.3 Å². The zero-order valence-electron chi connectivity index (χ0n) is 17.7. The van der Waals surface area contributed by atoms with Crippen LogP contribution in [0.4, 0.5) is 0 Å². The third-order valence-electron chi connectivity index (χ3n) is 7.27. The van der Waals surface area contributed by atoms with Crippen LogP contribution < -0.4 is 5.73 Å². The van der Waals surface area contributed by atoms with Gasteiger partial charge in [0, 0.05) is 37.6 Å². The van der Waals surface area contributed by atoms with Crippen LogP contribution in [0.2, 0.25) is 0 Å². The molecule has 1 heterocycles. The van der Waals surface area contributed by atoms with Crippen molar-refractivity contribution in [1.29, 1.82) is 0 Å². The minimum atomic E-state index is 0.485. The van der Waals surface area contributed by atoms with Crippen LogP contribution in [0.25, 0.3) is 0 Å². The molecule has 2 saturated carbocycles. The number of nitrogens with two attached hydrogens (primary N) is 1. The lowest BCUT2D eigenvalue weighted by Crippen LogP contribution is -2.40. The summed E-state index contributed by atoms with van der Waals surface area (Å²) in [4.78, 5) is 6.96. The normalized spacial score (nSPS) is 30.4. The summed E-state index contributed by atoms with van der Waals surface area (Å²) in [5.74, 6) is 2.70. The molecule has 0 aromatic carbocycles. The third-order valence-corrected chi connectivity index (χ3v) is 7.27. The van der Waals surface area contributed by atoms with Crippen LogP contribution in [0.5, 0.6) is 0 Å². The van der Waals surface area contributed by atoms with Gasteiger partial charge in [0.15, 0.2) is 0 Å². The Kier molecular flexibility index (Phi) is 8.14. The van der Waals surface area contributed by atoms with E-state index in [4.69, 9.17) is 5.73 Å². The quantitative estimate of drug-likeness (QED) is 0.665. The molecule has 2 aliphatic rings. The van der Waals surface area contributed by atoms with Gasteiger partial charge in [0.1, 0.15) is 0 Å². The standard InChI is InChI=1S/C24H41N3/c1-3-19(2)17-27(18-22-12-14-26-15-13-22)24-10-6-21(7-11-24)16-20-4-8-23(25)9-5-20/h12-15,19-21,23-24H,3-11,16-18,25H2,1-2H3. The van der Waals surface area contributed by atoms with Crippen molar-refractivity contribution in [1.82, 2.24) is 9.88 Å². The van der Waals surface area contributed by atoms with E-state index in [2.05, 4.69) is 35.9 Å². The molecular weight excluding hydrogens is 330 g/mol. The molecule has 0 bridgehead atoms. The van der Waals surface area contributed by atoms with E-state index in [-0.39, 0.29) is 0 Å². The molecule has 0 spiro atoms. The van der Waals surface area contributed by atoms with Gasteiger partial charge in [-0.05, 0) is 93.2 Å². The Bertz CT molecular complexity index is 516. The predicted molar refractivity (Wildman–Crippen MR) is 114 cm³/mol. The van der Waals surface area contributed by atoms with Crippen LogP contribution >= 0.6 is 0 Å². The zero-order chi connectivity index (χ0) is 19.1. The number of nitrogens with zero attached hydrogens (tertiary/aromatic N) is 2. The van der Waals surface area contributed by atoms with E-state index < -0.39 is 0 Å². The Hall–Kier alpha value is -0.930. The van der Waals surface area contributed by atoms with Gasteiger partial charge in [-0.15, -0.1) is 0 Å². The van der Waals surface area contributed by atoms with Gasteiger partial charge in [-0.2, -0.15) is 0 Å². The van der Waals surface area contributed by atoms with E-state index in [9.17, 15) is 0 Å². The Morgan fingerprint density at radius 3 is 2.19 bits per heavy atom. The molecule has 3 rings (SSSR count). The molecule has 1 unspecified atom stereocenters. The first-order chi connectivity index (χ1) is 13.1. The van der Waals surface area contributed by atoms with Gasteiger partial charge in [0.05, 0.1) is 0 Å². The molecule has 152 valence electrons. The second-order valence-electron chi connectivity index (χ2n) is 9.49. The average Bonchev–Trinajstić information content (AvgIpc) is 2.70. The van der Waals surface area contributed by atoms with Crippen LogP contribution in [0.15, 0.2) is 24.5 Å². The fourth-order valence-corrected chi connectivity index (χ4v) is 5.24. The smallest absolute Gasteiger partial charge is 0.0271 e. The van der Waals surface area contributed by atoms with E-state index >= 15 is 0 Å². The van der Waals surface area contributed by atoms with Crippen LogP contribution in [-0.4, -0.2) is 28.5 Å². The van der Waals surface area contributed by atoms with Crippen molar-refractivity contribution in [2.45, 2.75) is 96.7 Å². The van der Waals surface area contributed by atoms with Gasteiger partial charge in [-0.3, -0.25) is 9.88 Å². The maximum absolute atomic E-state index is 6.09. The summed E-state index contributed by atoms with van der Waals surface area (Å²) in [6, 6.07) is 5.62. The van der Waals surface area contributed by atoms with Crippen LogP contribution in [0.3, 0.4) is 0 Å². The highest BCUT2D eigenvalue weighted by Crippen LogP contribution is 2.36. The summed E-state index contributed by atoms with van der Waals surface area (Å²) in [5, 5.41) is 0. The summed E-state index contributed by atoms with van der Waals surface area (Å²) in [6.45, 7) is 7.04. The SMILES string of the molecule is CCC(C)CN(Cc1ccncc1)C1CCC(CC2CCC(N)CC2)CC1. The Morgan fingerprint density at radius 1 is 1.00 bits per heavy atom. The lowest BCUT2D eigenvalue weighted by Gasteiger charge is -2.39. The fraction of sp³-hybridized carbons (Fsp3) is 0.792. The molecule has 1 aromatic heterocycles. The molecule has 0 amide bonds. The Balaban J connectivity index is 1.50. The molecule has 3 nitrogen and oxygen atoms in total. The molecule has 2 aliphatic carbocycles. The molecule has 3 heteroatoms. The first-order valence-corrected chi connectivity index (χ1v) is 11.5. The van der Waals surface area contributed by atoms with Crippen molar-refractivity contribution < 1.29 is 0 Å². The van der Waals surface area contributed by atoms with Gasteiger partial charge in [-0.25, -0.2) is 0 Å². The lowest BCUT2D eigenvalue weighted by molar-refractivity contribution is 0.103. The molecule has 1 aromatic rings. The number of hydrogen-bond donors (Lipinski definition) is 1. The van der Waals surface area contributed by atoms with Crippen LogP contribution in [0.1, 0.15) is 83.6 Å². The van der Waals surface area contributed by atoms with Crippen molar-refractivity contribution in [2.75, 3.05) is 6.54 Å². The van der Waals surface area contributed by atoms with Crippen molar-refractivity contribution >= 4 is 0 Å². The highest BCUT2D eigenvalue weighted by atomic mass is 15.2. The third kappa shape index (κ3) is 6.57. The minimum Gasteiger partial charge on any atom is -0.328 e. The second kappa shape index (κ2) is 10.6. The van der Waals surface area contributed by atoms with Gasteiger partial charge in [0.25, 0.3) is 0 Å². The molecule has 2 fully saturated rings. The highest BCUT2D eigenvalue weighted by Gasteiger charge is 2.29. The molecular formula is C24H41N3. The van der Waals surface area contributed by atoms with E-state index in [1.807, 2.05) is 12.4 Å². The van der Waals surface area contributed by atoms with Gasteiger partial charge >= 0.3 is 0 Å². The fourth-order valence-electron chi connectivity index (χ4n) is 5.24. The predicted octanol–water partition coefficient (Wildman–Crippen LogP) is 5.40. The van der Waals surface area contributed by atoms with Crippen molar-refractivity contribution in [3.05, 3.63) is 30.1 Å². The van der Waals surface area contributed by atoms with E-state index in [0.29, 0.717) is 6.04 Å². The van der Waals surface area contributed by atoms with Crippen LogP contribution in [0, 0.1) is 17.8 Å². The summed E-state index contributed by atoms with van der Waals surface area (Å²) >= 11 is 0. The Morgan fingerprint density at radius 2 is 1.59 bits per heavy atom. The topological polar surface area (TPSA) is 42.2 Å². The largest absolute Gasteiger partial charge is 0.328 e. The summed E-state index contributed by atoms with van der Waals surface area (Å²) < 4.78 is 0. The number of hydrogen-bond acceptors (Lipinski definition) is 3. The molecule has 1 atom stereocenters. The summed E-state index contributed by atoms with van der Waals surface area (Å²) in [6.07, 6.45) is 17.5. The lowest BCUT2D eigenvalue weighted by atomic mass is 9.75. The Labute approximate surface area is 167 Å². The molecule has 0 saturated heterocycles. The monoisotopic (exact) mass is 371 g/mol. The average molecular weight is 372 g/mol. The summed E-state index contributed by atoms with van der Waals surface area (Å²) in [7, 11) is 0. The number of rotatable bonds is 8. The van der Waals surface area contributed by atoms with Crippen molar-refractivity contribution in [3.8, 4) is 0 Å². The highest BCUT2D eigenvalue weighted by molar-refractivity contribution is 5.09. The second-order valence-corrected chi connectivity index (χ2v) is 9.49. The maximum Gasteiger partial charge on any atom is 0.0271 e. The summed E-state index contributed by atoms with van der Waals surface area (Å²) in [5.41, 5.74) is 7.50. The molecule has 0 aliphatic heterocycles. The first-order valence-electron chi connectivity index (χ1n) is 11.5. The molecule has 2 N–H and O–H groups in total. The van der Waals surface area contributed by atoms with Gasteiger partial charge in [0.2, 0.25) is 0 Å². The van der Waals surface area contributed by atoms with Gasteiger partial charge < -0.3 is 5.73 Å². The zero-order valence-corrected chi connectivity index (χ0v) is 17.7. The number of pyridine rings is 1. The number of aromatic nitrogens is 1. The van der Waals surface area contributed by atoms with Crippen LogP contribution in [-0.2, 0) is 6.54 Å². The molecule has 27 heavy (non-hydrogen) atoms. The first kappa shape index (κ1) is 20.8. The minimum absolute atomic E-state index is 0.485. The van der Waals surface area contributed by atoms with E-state index in [0.717, 1.165) is 30.3 Å². The molecule has 0 radical (unpaired) electrons. The van der Waals surface area contributed by atoms with E-state index in [1.165, 1.54) is 76.3 Å². The maximum atomic E-state index is 6.09. The van der Waals surface area contributed by atoms with E-state index in [1.54, 1.807) is 0 Å². The van der Waals surface area contributed by atoms with Crippen molar-refractivity contribution in [2.24, 2.45) is 23.5 Å².